The molecule has 0 saturated heterocycles. The number of aryl methyl sites for hydroxylation is 3. The third kappa shape index (κ3) is 3.98. The average molecular weight is 406 g/mol. The minimum absolute atomic E-state index is 0.215. The van der Waals surface area contributed by atoms with Crippen molar-refractivity contribution < 1.29 is 0 Å². The van der Waals surface area contributed by atoms with Crippen LogP contribution in [0.5, 0.6) is 0 Å². The number of anilines is 2. The predicted octanol–water partition coefficient (Wildman–Crippen LogP) is 4.63. The number of H-pyrrole nitrogens is 1. The summed E-state index contributed by atoms with van der Waals surface area (Å²) in [6.07, 6.45) is 0.416. The van der Waals surface area contributed by atoms with E-state index in [1.165, 1.54) is 0 Å². The first-order chi connectivity index (χ1) is 13.9. The highest BCUT2D eigenvalue weighted by Crippen LogP contribution is 2.21. The Hall–Kier alpha value is -3.25. The first-order valence-corrected chi connectivity index (χ1v) is 9.64. The number of hydrogen-bond acceptors (Lipinski definition) is 5. The van der Waals surface area contributed by atoms with E-state index in [1.54, 1.807) is 0 Å². The Morgan fingerprint density at radius 3 is 2.55 bits per heavy atom. The molecule has 0 bridgehead atoms. The minimum Gasteiger partial charge on any atom is -0.294 e. The second kappa shape index (κ2) is 7.64. The Bertz CT molecular complexity index is 1280. The number of halogens is 1. The largest absolute Gasteiger partial charge is 0.294 e. The Kier molecular flexibility index (Phi) is 5.03. The van der Waals surface area contributed by atoms with Gasteiger partial charge in [-0.3, -0.25) is 15.1 Å². The van der Waals surface area contributed by atoms with Crippen LogP contribution < -0.4 is 10.9 Å². The van der Waals surface area contributed by atoms with Gasteiger partial charge in [0.05, 0.1) is 16.9 Å². The standard InChI is InChI=1S/C22H20ClN5O/c1-12-8-9-16-13(2)24-21(26-19(16)10-12)28-22-25-14(3)17(20(29)27-22)11-15-6-4-5-7-18(15)23/h4-10H,11H2,1-3H3,(H2,24,25,26,27,28,29). The van der Waals surface area contributed by atoms with Crippen LogP contribution in [0.25, 0.3) is 10.9 Å². The Morgan fingerprint density at radius 2 is 1.79 bits per heavy atom. The van der Waals surface area contributed by atoms with Crippen LogP contribution in [0.3, 0.4) is 0 Å². The lowest BCUT2D eigenvalue weighted by atomic mass is 10.1. The van der Waals surface area contributed by atoms with Crippen LogP contribution in [0.15, 0.2) is 47.3 Å². The molecule has 0 aliphatic carbocycles. The van der Waals surface area contributed by atoms with Gasteiger partial charge < -0.3 is 0 Å². The van der Waals surface area contributed by atoms with E-state index in [1.807, 2.05) is 63.2 Å². The molecule has 0 aliphatic rings. The van der Waals surface area contributed by atoms with E-state index in [0.717, 1.165) is 27.7 Å². The first kappa shape index (κ1) is 19.1. The van der Waals surface area contributed by atoms with Crippen LogP contribution in [-0.2, 0) is 6.42 Å². The molecule has 146 valence electrons. The molecule has 4 rings (SSSR count). The second-order valence-corrected chi connectivity index (χ2v) is 7.43. The van der Waals surface area contributed by atoms with E-state index < -0.39 is 0 Å². The second-order valence-electron chi connectivity index (χ2n) is 7.02. The summed E-state index contributed by atoms with van der Waals surface area (Å²) >= 11 is 6.23. The van der Waals surface area contributed by atoms with Gasteiger partial charge in [-0.1, -0.05) is 41.9 Å². The van der Waals surface area contributed by atoms with Crippen molar-refractivity contribution >= 4 is 34.4 Å². The van der Waals surface area contributed by atoms with Crippen molar-refractivity contribution in [1.29, 1.82) is 0 Å². The Labute approximate surface area is 173 Å². The Morgan fingerprint density at radius 1 is 1.00 bits per heavy atom. The summed E-state index contributed by atoms with van der Waals surface area (Å²) in [7, 11) is 0. The lowest BCUT2D eigenvalue weighted by Gasteiger charge is -2.10. The van der Waals surface area contributed by atoms with Crippen molar-refractivity contribution in [2.24, 2.45) is 0 Å². The number of aromatic amines is 1. The van der Waals surface area contributed by atoms with E-state index in [-0.39, 0.29) is 5.56 Å². The topological polar surface area (TPSA) is 83.6 Å². The third-order valence-electron chi connectivity index (χ3n) is 4.82. The van der Waals surface area contributed by atoms with Gasteiger partial charge in [-0.25, -0.2) is 15.0 Å². The van der Waals surface area contributed by atoms with E-state index in [2.05, 4.69) is 25.3 Å². The van der Waals surface area contributed by atoms with Crippen LogP contribution in [0.4, 0.5) is 11.9 Å². The number of nitrogens with zero attached hydrogens (tertiary/aromatic N) is 3. The van der Waals surface area contributed by atoms with Gasteiger partial charge in [-0.05, 0) is 44.0 Å². The maximum Gasteiger partial charge on any atom is 0.256 e. The van der Waals surface area contributed by atoms with Crippen LogP contribution in [0.1, 0.15) is 28.1 Å². The smallest absolute Gasteiger partial charge is 0.256 e. The first-order valence-electron chi connectivity index (χ1n) is 9.26. The molecule has 2 aromatic heterocycles. The molecule has 2 aromatic carbocycles. The SMILES string of the molecule is Cc1ccc2c(C)nc(Nc3nc(C)c(Cc4ccccc4Cl)c(=O)[nH]3)nc2c1. The van der Waals surface area contributed by atoms with Gasteiger partial charge in [0.25, 0.3) is 5.56 Å². The fraction of sp³-hybridized carbons (Fsp3) is 0.182. The molecule has 0 radical (unpaired) electrons. The monoisotopic (exact) mass is 405 g/mol. The van der Waals surface area contributed by atoms with Gasteiger partial charge in [0.2, 0.25) is 11.9 Å². The fourth-order valence-electron chi connectivity index (χ4n) is 3.27. The summed E-state index contributed by atoms with van der Waals surface area (Å²) in [5.41, 5.74) is 4.69. The number of hydrogen-bond donors (Lipinski definition) is 2. The number of nitrogens with one attached hydrogen (secondary N) is 2. The fourth-order valence-corrected chi connectivity index (χ4v) is 3.47. The third-order valence-corrected chi connectivity index (χ3v) is 5.19. The van der Waals surface area contributed by atoms with Crippen molar-refractivity contribution in [2.45, 2.75) is 27.2 Å². The summed E-state index contributed by atoms with van der Waals surface area (Å²) in [6.45, 7) is 5.76. The highest BCUT2D eigenvalue weighted by Gasteiger charge is 2.12. The molecule has 6 nitrogen and oxygen atoms in total. The van der Waals surface area contributed by atoms with E-state index >= 15 is 0 Å². The zero-order valence-corrected chi connectivity index (χ0v) is 17.1. The average Bonchev–Trinajstić information content (AvgIpc) is 2.65. The van der Waals surface area contributed by atoms with Crippen molar-refractivity contribution in [1.82, 2.24) is 19.9 Å². The van der Waals surface area contributed by atoms with Crippen molar-refractivity contribution in [2.75, 3.05) is 5.32 Å². The summed E-state index contributed by atoms with van der Waals surface area (Å²) in [5.74, 6) is 0.698. The van der Waals surface area contributed by atoms with Gasteiger partial charge >= 0.3 is 0 Å². The van der Waals surface area contributed by atoms with Crippen molar-refractivity contribution in [3.63, 3.8) is 0 Å². The summed E-state index contributed by atoms with van der Waals surface area (Å²) < 4.78 is 0. The molecule has 0 spiro atoms. The molecule has 29 heavy (non-hydrogen) atoms. The van der Waals surface area contributed by atoms with Crippen LogP contribution in [0, 0.1) is 20.8 Å². The predicted molar refractivity (Wildman–Crippen MR) is 116 cm³/mol. The maximum absolute atomic E-state index is 12.7. The van der Waals surface area contributed by atoms with E-state index in [9.17, 15) is 4.79 Å². The highest BCUT2D eigenvalue weighted by atomic mass is 35.5. The van der Waals surface area contributed by atoms with Gasteiger partial charge in [-0.2, -0.15) is 0 Å². The molecule has 7 heteroatoms. The number of rotatable bonds is 4. The summed E-state index contributed by atoms with van der Waals surface area (Å²) in [5, 5.41) is 4.65. The van der Waals surface area contributed by atoms with Gasteiger partial charge in [0.1, 0.15) is 0 Å². The number of aromatic nitrogens is 4. The molecule has 4 aromatic rings. The molecule has 0 atom stereocenters. The molecule has 2 N–H and O–H groups in total. The zero-order chi connectivity index (χ0) is 20.5. The lowest BCUT2D eigenvalue weighted by Crippen LogP contribution is -2.19. The molecule has 0 fully saturated rings. The summed E-state index contributed by atoms with van der Waals surface area (Å²) in [4.78, 5) is 29.0. The van der Waals surface area contributed by atoms with Crippen molar-refractivity contribution in [3.8, 4) is 0 Å². The van der Waals surface area contributed by atoms with Gasteiger partial charge in [0, 0.05) is 22.4 Å². The lowest BCUT2D eigenvalue weighted by molar-refractivity contribution is 0.978. The van der Waals surface area contributed by atoms with E-state index in [0.29, 0.717) is 34.6 Å². The zero-order valence-electron chi connectivity index (χ0n) is 16.4. The molecular weight excluding hydrogens is 386 g/mol. The minimum atomic E-state index is -0.215. The van der Waals surface area contributed by atoms with Gasteiger partial charge in [0.15, 0.2) is 0 Å². The molecular formula is C22H20ClN5O. The van der Waals surface area contributed by atoms with Crippen LogP contribution in [0.2, 0.25) is 5.02 Å². The normalized spacial score (nSPS) is 11.0. The number of fused-ring (bicyclic) bond motifs is 1. The molecule has 0 aliphatic heterocycles. The van der Waals surface area contributed by atoms with E-state index in [4.69, 9.17) is 11.6 Å². The maximum atomic E-state index is 12.7. The summed E-state index contributed by atoms with van der Waals surface area (Å²) in [6, 6.07) is 13.5. The van der Waals surface area contributed by atoms with Crippen molar-refractivity contribution in [3.05, 3.63) is 85.9 Å². The molecule has 0 saturated carbocycles. The molecule has 0 amide bonds. The van der Waals surface area contributed by atoms with Crippen LogP contribution >= 0.6 is 11.6 Å². The highest BCUT2D eigenvalue weighted by molar-refractivity contribution is 6.31. The molecule has 2 heterocycles. The Balaban J connectivity index is 1.66. The van der Waals surface area contributed by atoms with Crippen LogP contribution in [-0.4, -0.2) is 19.9 Å². The molecule has 0 unspecified atom stereocenters. The van der Waals surface area contributed by atoms with Gasteiger partial charge in [-0.15, -0.1) is 0 Å². The number of benzene rings is 2. The quantitative estimate of drug-likeness (QED) is 0.517.